The summed E-state index contributed by atoms with van der Waals surface area (Å²) in [6.45, 7) is 4.07. The van der Waals surface area contributed by atoms with E-state index in [-0.39, 0.29) is 26.1 Å². The van der Waals surface area contributed by atoms with E-state index in [1.54, 1.807) is 0 Å². The monoisotopic (exact) mass is 909 g/mol. The van der Waals surface area contributed by atoms with Crippen molar-refractivity contribution >= 4 is 19.8 Å². The molecule has 64 heavy (non-hydrogen) atoms. The first kappa shape index (κ1) is 60.2. The smallest absolute Gasteiger partial charge is 0.462 e. The number of quaternary nitrogens is 1. The Morgan fingerprint density at radius 1 is 0.484 bits per heavy atom. The fourth-order valence-corrected chi connectivity index (χ4v) is 6.25. The van der Waals surface area contributed by atoms with Crippen molar-refractivity contribution in [2.75, 3.05) is 47.5 Å². The van der Waals surface area contributed by atoms with Gasteiger partial charge in [-0.3, -0.25) is 18.6 Å². The molecule has 0 spiro atoms. The Bertz CT molecular complexity index is 1540. The van der Waals surface area contributed by atoms with Crippen molar-refractivity contribution in [3.05, 3.63) is 134 Å². The summed E-state index contributed by atoms with van der Waals surface area (Å²) in [5, 5.41) is 0. The van der Waals surface area contributed by atoms with E-state index in [2.05, 4.69) is 148 Å². The highest BCUT2D eigenvalue weighted by Crippen LogP contribution is 2.43. The lowest BCUT2D eigenvalue weighted by atomic mass is 10.1. The first-order chi connectivity index (χ1) is 31.0. The van der Waals surface area contributed by atoms with Crippen LogP contribution in [0.5, 0.6) is 0 Å². The summed E-state index contributed by atoms with van der Waals surface area (Å²) in [6.07, 6.45) is 63.7. The second-order valence-corrected chi connectivity index (χ2v) is 17.8. The Balaban J connectivity index is 4.43. The normalized spacial score (nSPS) is 14.7. The lowest BCUT2D eigenvalue weighted by Crippen LogP contribution is -2.37. The molecule has 0 rings (SSSR count). The second kappa shape index (κ2) is 44.4. The average molecular weight is 909 g/mol. The number of rotatable bonds is 41. The molecule has 0 aromatic heterocycles. The number of esters is 2. The Morgan fingerprint density at radius 3 is 1.25 bits per heavy atom. The Hall–Kier alpha value is -3.85. The Morgan fingerprint density at radius 2 is 0.844 bits per heavy atom. The van der Waals surface area contributed by atoms with E-state index in [1.807, 2.05) is 21.1 Å². The molecule has 0 aromatic carbocycles. The molecule has 0 saturated carbocycles. The molecule has 0 aliphatic carbocycles. The molecule has 0 aliphatic rings. The number of unbranched alkanes of at least 4 members (excludes halogenated alkanes) is 5. The number of phosphoric ester groups is 1. The van der Waals surface area contributed by atoms with Gasteiger partial charge in [0.1, 0.15) is 19.8 Å². The topological polar surface area (TPSA) is 108 Å². The van der Waals surface area contributed by atoms with Crippen LogP contribution in [0.2, 0.25) is 0 Å². The molecule has 2 unspecified atom stereocenters. The van der Waals surface area contributed by atoms with Gasteiger partial charge in [-0.05, 0) is 109 Å². The molecular weight excluding hydrogens is 822 g/mol. The predicted octanol–water partition coefficient (Wildman–Crippen LogP) is 14.2. The summed E-state index contributed by atoms with van der Waals surface area (Å²) in [5.74, 6) is -0.901. The highest BCUT2D eigenvalue weighted by Gasteiger charge is 2.27. The fraction of sp³-hybridized carbons (Fsp3) is 0.556. The quantitative estimate of drug-likeness (QED) is 0.0212. The zero-order valence-corrected chi connectivity index (χ0v) is 41.3. The molecule has 0 amide bonds. The van der Waals surface area contributed by atoms with Crippen molar-refractivity contribution in [2.45, 2.75) is 148 Å². The largest absolute Gasteiger partial charge is 0.472 e. The van der Waals surface area contributed by atoms with Crippen LogP contribution in [-0.2, 0) is 32.7 Å². The third-order valence-corrected chi connectivity index (χ3v) is 10.2. The van der Waals surface area contributed by atoms with E-state index in [4.69, 9.17) is 18.5 Å². The number of nitrogens with zero attached hydrogens (tertiary/aromatic N) is 1. The van der Waals surface area contributed by atoms with Gasteiger partial charge in [-0.25, -0.2) is 4.57 Å². The van der Waals surface area contributed by atoms with Crippen molar-refractivity contribution in [3.63, 3.8) is 0 Å². The highest BCUT2D eigenvalue weighted by molar-refractivity contribution is 7.47. The Labute approximate surface area is 390 Å². The minimum Gasteiger partial charge on any atom is -0.462 e. The number of hydrogen-bond acceptors (Lipinski definition) is 7. The van der Waals surface area contributed by atoms with Gasteiger partial charge >= 0.3 is 19.8 Å². The number of ether oxygens (including phenoxy) is 2. The van der Waals surface area contributed by atoms with Gasteiger partial charge in [0.05, 0.1) is 27.7 Å². The second-order valence-electron chi connectivity index (χ2n) is 16.4. The molecule has 1 N–H and O–H groups in total. The number of hydrogen-bond donors (Lipinski definition) is 1. The maximum atomic E-state index is 12.7. The Kier molecular flexibility index (Phi) is 41.7. The van der Waals surface area contributed by atoms with Crippen molar-refractivity contribution in [3.8, 4) is 0 Å². The third-order valence-electron chi connectivity index (χ3n) is 9.18. The summed E-state index contributed by atoms with van der Waals surface area (Å²) in [4.78, 5) is 35.4. The van der Waals surface area contributed by atoms with Crippen LogP contribution in [-0.4, -0.2) is 74.9 Å². The van der Waals surface area contributed by atoms with Gasteiger partial charge in [0.25, 0.3) is 0 Å². The van der Waals surface area contributed by atoms with Crippen LogP contribution in [0.1, 0.15) is 142 Å². The summed E-state index contributed by atoms with van der Waals surface area (Å²) < 4.78 is 34.3. The highest BCUT2D eigenvalue weighted by atomic mass is 31.2. The lowest BCUT2D eigenvalue weighted by Gasteiger charge is -2.24. The van der Waals surface area contributed by atoms with Gasteiger partial charge in [0.15, 0.2) is 6.10 Å². The van der Waals surface area contributed by atoms with Gasteiger partial charge in [-0.15, -0.1) is 0 Å². The summed E-state index contributed by atoms with van der Waals surface area (Å²) in [7, 11) is 1.40. The van der Waals surface area contributed by atoms with Crippen LogP contribution >= 0.6 is 7.82 Å². The van der Waals surface area contributed by atoms with Gasteiger partial charge < -0.3 is 18.9 Å². The van der Waals surface area contributed by atoms with Gasteiger partial charge in [0.2, 0.25) is 0 Å². The molecule has 360 valence electrons. The maximum Gasteiger partial charge on any atom is 0.472 e. The van der Waals surface area contributed by atoms with Crippen LogP contribution in [0.15, 0.2) is 134 Å². The molecule has 0 bridgehead atoms. The summed E-state index contributed by atoms with van der Waals surface area (Å²) in [5.41, 5.74) is 0. The average Bonchev–Trinajstić information content (AvgIpc) is 3.25. The van der Waals surface area contributed by atoms with E-state index < -0.39 is 32.5 Å². The van der Waals surface area contributed by atoms with Gasteiger partial charge in [-0.2, -0.15) is 0 Å². The molecule has 9 nitrogen and oxygen atoms in total. The van der Waals surface area contributed by atoms with E-state index in [9.17, 15) is 19.0 Å². The zero-order chi connectivity index (χ0) is 47.1. The number of phosphoric acid groups is 1. The van der Waals surface area contributed by atoms with Crippen LogP contribution in [0.25, 0.3) is 0 Å². The van der Waals surface area contributed by atoms with Crippen LogP contribution in [0.3, 0.4) is 0 Å². The zero-order valence-electron chi connectivity index (χ0n) is 40.4. The molecule has 2 atom stereocenters. The first-order valence-electron chi connectivity index (χ1n) is 23.9. The molecule has 0 aliphatic heterocycles. The molecule has 0 saturated heterocycles. The first-order valence-corrected chi connectivity index (χ1v) is 25.4. The predicted molar refractivity (Wildman–Crippen MR) is 270 cm³/mol. The van der Waals surface area contributed by atoms with Crippen LogP contribution in [0, 0.1) is 0 Å². The van der Waals surface area contributed by atoms with Gasteiger partial charge in [-0.1, -0.05) is 154 Å². The number of allylic oxidation sites excluding steroid dienone is 22. The van der Waals surface area contributed by atoms with Crippen molar-refractivity contribution in [1.29, 1.82) is 0 Å². The minimum atomic E-state index is -4.41. The van der Waals surface area contributed by atoms with Crippen LogP contribution < -0.4 is 0 Å². The molecule has 0 aromatic rings. The third kappa shape index (κ3) is 47.6. The molecular formula is C54H87NO8P+. The maximum absolute atomic E-state index is 12.7. The summed E-state index contributed by atoms with van der Waals surface area (Å²) >= 11 is 0. The van der Waals surface area contributed by atoms with E-state index in [1.165, 1.54) is 0 Å². The number of likely N-dealkylation sites (N-methyl/N-ethyl adjacent to an activating group) is 1. The lowest BCUT2D eigenvalue weighted by molar-refractivity contribution is -0.870. The number of carbonyl (C=O) groups excluding carboxylic acids is 2. The van der Waals surface area contributed by atoms with Gasteiger partial charge in [0, 0.05) is 12.8 Å². The standard InChI is InChI=1S/C54H86NO8P/c1-6-8-10-12-14-16-18-20-21-22-23-24-25-26-27-28-29-30-31-32-33-35-37-39-41-43-45-47-54(57)63-52(51-62-64(58,59)61-49-48-55(3,4)5)50-60-53(56)46-44-42-40-38-36-34-19-17-15-13-11-9-7-2/h8-11,14-17,20-21,23-24,26-27,29-30,32-34,36-37,39,52H,6-7,12-13,18-19,22,25,28,31,35,38,40-51H2,1-5H3/p+1/b10-8-,11-9-,16-14-,17-15-,21-20-,24-23-,27-26-,30-29-,33-32-,36-34-,39-37-. The van der Waals surface area contributed by atoms with Crippen molar-refractivity contribution < 1.29 is 42.1 Å². The SMILES string of the molecule is CC/C=C\C/C=C\C/C=C\C/C=C\C/C=C\C/C=C\C/C=C\C/C=C\CCCCC(=O)OC(COC(=O)CCCCC/C=C\C/C=C\C/C=C\CC)COP(=O)(O)OCC[N+](C)(C)C. The van der Waals surface area contributed by atoms with E-state index >= 15 is 0 Å². The number of carbonyl (C=O) groups is 2. The van der Waals surface area contributed by atoms with E-state index in [0.717, 1.165) is 103 Å². The minimum absolute atomic E-state index is 0.00948. The molecule has 0 fully saturated rings. The van der Waals surface area contributed by atoms with Crippen molar-refractivity contribution in [1.82, 2.24) is 0 Å². The van der Waals surface area contributed by atoms with Crippen molar-refractivity contribution in [2.24, 2.45) is 0 Å². The molecule has 0 heterocycles. The molecule has 10 heteroatoms. The van der Waals surface area contributed by atoms with E-state index in [0.29, 0.717) is 23.9 Å². The molecule has 0 radical (unpaired) electrons. The fourth-order valence-electron chi connectivity index (χ4n) is 5.51. The summed E-state index contributed by atoms with van der Waals surface area (Å²) in [6, 6.07) is 0. The van der Waals surface area contributed by atoms with Crippen LogP contribution in [0.4, 0.5) is 0 Å².